The Balaban J connectivity index is 2.05. The number of carbonyl (C=O) groups is 1. The van der Waals surface area contributed by atoms with Crippen LogP contribution in [0.1, 0.15) is 16.1 Å². The molecule has 1 aromatic heterocycles. The molecule has 0 aliphatic carbocycles. The number of fused-ring (bicyclic) bond motifs is 1. The van der Waals surface area contributed by atoms with Crippen molar-refractivity contribution in [2.75, 3.05) is 0 Å². The summed E-state index contributed by atoms with van der Waals surface area (Å²) in [5, 5.41) is 11.4. The van der Waals surface area contributed by atoms with Crippen LogP contribution < -0.4 is 0 Å². The molecule has 0 N–H and O–H groups in total. The average Bonchev–Trinajstić information content (AvgIpc) is 2.90. The minimum atomic E-state index is -0.499. The minimum absolute atomic E-state index is 0.0643. The summed E-state index contributed by atoms with van der Waals surface area (Å²) in [6, 6.07) is 14.6. The normalized spacial score (nSPS) is 10.6. The molecule has 0 fully saturated rings. The zero-order chi connectivity index (χ0) is 14.1. The standard InChI is InChI=1S/C15H9NO4/c17-15(10-4-2-1-3-5-10)14-8-11-6-7-12(16(18)19)9-13(11)20-14/h1-9H. The molecule has 0 aliphatic heterocycles. The van der Waals surface area contributed by atoms with Gasteiger partial charge in [0.15, 0.2) is 5.76 Å². The molecule has 0 radical (unpaired) electrons. The van der Waals surface area contributed by atoms with Crippen molar-refractivity contribution in [1.29, 1.82) is 0 Å². The lowest BCUT2D eigenvalue weighted by Crippen LogP contribution is -1.98. The van der Waals surface area contributed by atoms with E-state index in [2.05, 4.69) is 0 Å². The number of hydrogen-bond donors (Lipinski definition) is 0. The van der Waals surface area contributed by atoms with Crippen molar-refractivity contribution < 1.29 is 14.1 Å². The van der Waals surface area contributed by atoms with Crippen molar-refractivity contribution >= 4 is 22.4 Å². The second-order valence-corrected chi connectivity index (χ2v) is 4.29. The fraction of sp³-hybridized carbons (Fsp3) is 0. The SMILES string of the molecule is O=C(c1ccccc1)c1cc2ccc([N+](=O)[O-])cc2o1. The van der Waals surface area contributed by atoms with Crippen LogP contribution in [0.25, 0.3) is 11.0 Å². The molecule has 0 saturated carbocycles. The highest BCUT2D eigenvalue weighted by molar-refractivity contribution is 6.09. The second kappa shape index (κ2) is 4.62. The molecular weight excluding hydrogens is 258 g/mol. The van der Waals surface area contributed by atoms with Crippen molar-refractivity contribution in [2.24, 2.45) is 0 Å². The van der Waals surface area contributed by atoms with Crippen molar-refractivity contribution in [3.63, 3.8) is 0 Å². The first-order chi connectivity index (χ1) is 9.65. The van der Waals surface area contributed by atoms with Gasteiger partial charge in [0.05, 0.1) is 11.0 Å². The first-order valence-electron chi connectivity index (χ1n) is 5.93. The third kappa shape index (κ3) is 2.05. The quantitative estimate of drug-likeness (QED) is 0.413. The van der Waals surface area contributed by atoms with E-state index in [9.17, 15) is 14.9 Å². The molecule has 0 amide bonds. The summed E-state index contributed by atoms with van der Waals surface area (Å²) in [4.78, 5) is 22.4. The van der Waals surface area contributed by atoms with Crippen LogP contribution in [0.2, 0.25) is 0 Å². The Labute approximate surface area is 113 Å². The summed E-state index contributed by atoms with van der Waals surface area (Å²) in [5.41, 5.74) is 0.782. The van der Waals surface area contributed by atoms with Crippen molar-refractivity contribution in [3.05, 3.63) is 76.0 Å². The lowest BCUT2D eigenvalue weighted by atomic mass is 10.1. The van der Waals surface area contributed by atoms with E-state index in [1.807, 2.05) is 6.07 Å². The van der Waals surface area contributed by atoms with Crippen LogP contribution in [0, 0.1) is 10.1 Å². The van der Waals surface area contributed by atoms with Gasteiger partial charge in [-0.3, -0.25) is 14.9 Å². The predicted molar refractivity (Wildman–Crippen MR) is 72.7 cm³/mol. The molecule has 3 rings (SSSR count). The summed E-state index contributed by atoms with van der Waals surface area (Å²) < 4.78 is 5.42. The van der Waals surface area contributed by atoms with Gasteiger partial charge in [0.25, 0.3) is 5.69 Å². The van der Waals surface area contributed by atoms with Crippen LogP contribution in [0.4, 0.5) is 5.69 Å². The van der Waals surface area contributed by atoms with E-state index < -0.39 is 4.92 Å². The van der Waals surface area contributed by atoms with E-state index in [-0.39, 0.29) is 17.2 Å². The van der Waals surface area contributed by atoms with E-state index in [1.165, 1.54) is 12.1 Å². The van der Waals surface area contributed by atoms with Crippen LogP contribution in [0.5, 0.6) is 0 Å². The molecule has 1 heterocycles. The molecule has 0 bridgehead atoms. The lowest BCUT2D eigenvalue weighted by molar-refractivity contribution is -0.384. The Morgan fingerprint density at radius 2 is 1.80 bits per heavy atom. The van der Waals surface area contributed by atoms with E-state index in [0.29, 0.717) is 16.5 Å². The van der Waals surface area contributed by atoms with Crippen molar-refractivity contribution in [2.45, 2.75) is 0 Å². The van der Waals surface area contributed by atoms with Crippen LogP contribution in [0.15, 0.2) is 59.0 Å². The van der Waals surface area contributed by atoms with E-state index >= 15 is 0 Å². The zero-order valence-corrected chi connectivity index (χ0v) is 10.3. The Bertz CT molecular complexity index is 805. The number of nitro groups is 1. The molecule has 0 unspecified atom stereocenters. The third-order valence-electron chi connectivity index (χ3n) is 2.97. The average molecular weight is 267 g/mol. The van der Waals surface area contributed by atoms with Gasteiger partial charge in [-0.25, -0.2) is 0 Å². The van der Waals surface area contributed by atoms with Crippen LogP contribution in [-0.2, 0) is 0 Å². The zero-order valence-electron chi connectivity index (χ0n) is 10.3. The molecule has 2 aromatic carbocycles. The number of nitro benzene ring substituents is 1. The van der Waals surface area contributed by atoms with Crippen LogP contribution >= 0.6 is 0 Å². The summed E-state index contributed by atoms with van der Waals surface area (Å²) in [5.74, 6) is -0.0730. The lowest BCUT2D eigenvalue weighted by Gasteiger charge is -1.95. The Morgan fingerprint density at radius 3 is 2.50 bits per heavy atom. The van der Waals surface area contributed by atoms with Gasteiger partial charge in [-0.05, 0) is 12.1 Å². The molecule has 98 valence electrons. The smallest absolute Gasteiger partial charge is 0.273 e. The fourth-order valence-electron chi connectivity index (χ4n) is 1.98. The van der Waals surface area contributed by atoms with E-state index in [1.54, 1.807) is 36.4 Å². The Morgan fingerprint density at radius 1 is 1.05 bits per heavy atom. The monoisotopic (exact) mass is 267 g/mol. The van der Waals surface area contributed by atoms with Crippen molar-refractivity contribution in [3.8, 4) is 0 Å². The molecule has 5 heteroatoms. The molecule has 3 aromatic rings. The Hall–Kier alpha value is -2.95. The molecule has 20 heavy (non-hydrogen) atoms. The largest absolute Gasteiger partial charge is 0.452 e. The van der Waals surface area contributed by atoms with Crippen LogP contribution in [0.3, 0.4) is 0 Å². The van der Waals surface area contributed by atoms with Crippen molar-refractivity contribution in [1.82, 2.24) is 0 Å². The number of nitrogens with zero attached hydrogens (tertiary/aromatic N) is 1. The summed E-state index contributed by atoms with van der Waals surface area (Å²) >= 11 is 0. The topological polar surface area (TPSA) is 73.3 Å². The van der Waals surface area contributed by atoms with Gasteiger partial charge in [-0.15, -0.1) is 0 Å². The molecule has 0 spiro atoms. The number of hydrogen-bond acceptors (Lipinski definition) is 4. The molecule has 5 nitrogen and oxygen atoms in total. The van der Waals surface area contributed by atoms with E-state index in [0.717, 1.165) is 0 Å². The van der Waals surface area contributed by atoms with E-state index in [4.69, 9.17) is 4.42 Å². The Kier molecular flexibility index (Phi) is 2.80. The maximum atomic E-state index is 12.2. The highest BCUT2D eigenvalue weighted by atomic mass is 16.6. The first-order valence-corrected chi connectivity index (χ1v) is 5.93. The summed E-state index contributed by atoms with van der Waals surface area (Å²) in [6.45, 7) is 0. The number of furan rings is 1. The highest BCUT2D eigenvalue weighted by Crippen LogP contribution is 2.25. The van der Waals surface area contributed by atoms with Gasteiger partial charge >= 0.3 is 0 Å². The molecular formula is C15H9NO4. The summed E-state index contributed by atoms with van der Waals surface area (Å²) in [7, 11) is 0. The maximum absolute atomic E-state index is 12.2. The number of non-ortho nitro benzene ring substituents is 1. The predicted octanol–water partition coefficient (Wildman–Crippen LogP) is 3.57. The molecule has 0 atom stereocenters. The number of carbonyl (C=O) groups excluding carboxylic acids is 1. The first kappa shape index (κ1) is 12.1. The van der Waals surface area contributed by atoms with Gasteiger partial charge in [0, 0.05) is 17.0 Å². The van der Waals surface area contributed by atoms with Gasteiger partial charge < -0.3 is 4.42 Å². The molecule has 0 saturated heterocycles. The number of benzene rings is 2. The summed E-state index contributed by atoms with van der Waals surface area (Å²) in [6.07, 6.45) is 0. The second-order valence-electron chi connectivity index (χ2n) is 4.29. The highest BCUT2D eigenvalue weighted by Gasteiger charge is 2.16. The number of ketones is 1. The third-order valence-corrected chi connectivity index (χ3v) is 2.97. The maximum Gasteiger partial charge on any atom is 0.273 e. The van der Waals surface area contributed by atoms with Gasteiger partial charge in [0.2, 0.25) is 5.78 Å². The molecule has 0 aliphatic rings. The minimum Gasteiger partial charge on any atom is -0.452 e. The van der Waals surface area contributed by atoms with Crippen LogP contribution in [-0.4, -0.2) is 10.7 Å². The fourth-order valence-corrected chi connectivity index (χ4v) is 1.98. The van der Waals surface area contributed by atoms with Gasteiger partial charge in [-0.2, -0.15) is 0 Å². The number of rotatable bonds is 3. The van der Waals surface area contributed by atoms with Gasteiger partial charge in [0.1, 0.15) is 5.58 Å². The van der Waals surface area contributed by atoms with Gasteiger partial charge in [-0.1, -0.05) is 30.3 Å².